The Morgan fingerprint density at radius 2 is 2.08 bits per heavy atom. The molecule has 37 heavy (non-hydrogen) atoms. The second-order valence-corrected chi connectivity index (χ2v) is 9.09. The van der Waals surface area contributed by atoms with E-state index in [0.29, 0.717) is 23.2 Å². The van der Waals surface area contributed by atoms with E-state index in [1.165, 1.54) is 25.3 Å². The zero-order chi connectivity index (χ0) is 25.9. The molecule has 3 heterocycles. The Bertz CT molecular complexity index is 1440. The predicted octanol–water partition coefficient (Wildman–Crippen LogP) is 5.34. The van der Waals surface area contributed by atoms with Crippen molar-refractivity contribution < 1.29 is 28.5 Å². The minimum absolute atomic E-state index is 0.00174. The van der Waals surface area contributed by atoms with Crippen LogP contribution in [0.4, 0.5) is 10.1 Å². The molecule has 0 aliphatic carbocycles. The Labute approximate surface area is 217 Å². The van der Waals surface area contributed by atoms with Crippen LogP contribution >= 0.6 is 11.6 Å². The number of nitrogens with one attached hydrogen (secondary N) is 2. The second kappa shape index (κ2) is 10.8. The summed E-state index contributed by atoms with van der Waals surface area (Å²) >= 11 is 6.48. The number of aliphatic hydroxyl groups excluding tert-OH is 1. The van der Waals surface area contributed by atoms with E-state index in [1.807, 2.05) is 6.07 Å². The Morgan fingerprint density at radius 3 is 2.81 bits per heavy atom. The number of rotatable bonds is 8. The first-order chi connectivity index (χ1) is 18.0. The summed E-state index contributed by atoms with van der Waals surface area (Å²) in [4.78, 5) is 21.0. The third kappa shape index (κ3) is 5.11. The average molecular weight is 526 g/mol. The SMILES string of the molecule is COc1cccc(Oc2ccc(C(=O)c3c[nH]c4nccc(N[C@@H]5CC[C@@H](CO)OC5)c34)c(Cl)c2)c1F. The highest BCUT2D eigenvalue weighted by molar-refractivity contribution is 6.35. The van der Waals surface area contributed by atoms with Crippen LogP contribution in [0.2, 0.25) is 5.02 Å². The van der Waals surface area contributed by atoms with Gasteiger partial charge in [-0.1, -0.05) is 17.7 Å². The standard InChI is InChI=1S/C27H25ClFN3O5/c1-35-22-3-2-4-23(25(22)29)37-16-7-8-18(20(28)11-16)26(34)19-12-31-27-24(19)21(9-10-30-27)32-15-5-6-17(13-33)36-14-15/h2-4,7-12,15,17,33H,5-6,13-14H2,1H3,(H2,30,31,32)/t15-,17+/m1/s1. The fourth-order valence-corrected chi connectivity index (χ4v) is 4.64. The van der Waals surface area contributed by atoms with Gasteiger partial charge >= 0.3 is 0 Å². The summed E-state index contributed by atoms with van der Waals surface area (Å²) in [6.45, 7) is 0.450. The van der Waals surface area contributed by atoms with Crippen molar-refractivity contribution in [3.8, 4) is 17.2 Å². The monoisotopic (exact) mass is 525 g/mol. The van der Waals surface area contributed by atoms with Crippen LogP contribution < -0.4 is 14.8 Å². The van der Waals surface area contributed by atoms with Crippen LogP contribution in [0.5, 0.6) is 17.2 Å². The molecule has 8 nitrogen and oxygen atoms in total. The van der Waals surface area contributed by atoms with Gasteiger partial charge in [-0.05, 0) is 43.2 Å². The van der Waals surface area contributed by atoms with Crippen molar-refractivity contribution in [2.45, 2.75) is 25.0 Å². The number of aliphatic hydroxyl groups is 1. The summed E-state index contributed by atoms with van der Waals surface area (Å²) in [5.41, 5.74) is 1.98. The molecule has 0 unspecified atom stereocenters. The quantitative estimate of drug-likeness (QED) is 0.267. The first kappa shape index (κ1) is 25.0. The number of aromatic amines is 1. The van der Waals surface area contributed by atoms with Crippen molar-refractivity contribution in [3.05, 3.63) is 76.8 Å². The lowest BCUT2D eigenvalue weighted by atomic mass is 10.0. The van der Waals surface area contributed by atoms with Gasteiger partial charge in [0.25, 0.3) is 0 Å². The number of carbonyl (C=O) groups is 1. The first-order valence-corrected chi connectivity index (χ1v) is 12.2. The number of fused-ring (bicyclic) bond motifs is 1. The van der Waals surface area contributed by atoms with Gasteiger partial charge < -0.3 is 29.6 Å². The van der Waals surface area contributed by atoms with E-state index in [4.69, 9.17) is 25.8 Å². The maximum Gasteiger partial charge on any atom is 0.207 e. The largest absolute Gasteiger partial charge is 0.494 e. The summed E-state index contributed by atoms with van der Waals surface area (Å²) in [5, 5.41) is 13.6. The molecule has 1 aliphatic heterocycles. The molecule has 0 amide bonds. The van der Waals surface area contributed by atoms with Gasteiger partial charge in [0.15, 0.2) is 17.3 Å². The van der Waals surface area contributed by atoms with E-state index >= 15 is 0 Å². The number of hydrogen-bond acceptors (Lipinski definition) is 7. The van der Waals surface area contributed by atoms with E-state index in [-0.39, 0.29) is 52.4 Å². The number of halogens is 2. The van der Waals surface area contributed by atoms with Crippen molar-refractivity contribution in [3.63, 3.8) is 0 Å². The van der Waals surface area contributed by atoms with Crippen LogP contribution in [0.25, 0.3) is 11.0 Å². The lowest BCUT2D eigenvalue weighted by molar-refractivity contribution is -0.0223. The minimum Gasteiger partial charge on any atom is -0.494 e. The molecule has 0 bridgehead atoms. The van der Waals surface area contributed by atoms with Crippen LogP contribution in [-0.4, -0.2) is 53.3 Å². The molecule has 2 atom stereocenters. The Hall–Kier alpha value is -3.66. The third-order valence-corrected chi connectivity index (χ3v) is 6.63. The normalized spacial score (nSPS) is 17.5. The Balaban J connectivity index is 1.40. The molecule has 1 fully saturated rings. The van der Waals surface area contributed by atoms with Crippen LogP contribution in [0.3, 0.4) is 0 Å². The van der Waals surface area contributed by atoms with Crippen molar-refractivity contribution in [1.82, 2.24) is 9.97 Å². The molecule has 3 N–H and O–H groups in total. The van der Waals surface area contributed by atoms with Crippen molar-refractivity contribution in [2.24, 2.45) is 0 Å². The van der Waals surface area contributed by atoms with Crippen LogP contribution in [0.1, 0.15) is 28.8 Å². The number of nitrogens with zero attached hydrogens (tertiary/aromatic N) is 1. The van der Waals surface area contributed by atoms with E-state index < -0.39 is 5.82 Å². The zero-order valence-corrected chi connectivity index (χ0v) is 20.7. The van der Waals surface area contributed by atoms with E-state index in [9.17, 15) is 14.3 Å². The Morgan fingerprint density at radius 1 is 1.24 bits per heavy atom. The fraction of sp³-hybridized carbons (Fsp3) is 0.259. The average Bonchev–Trinajstić information content (AvgIpc) is 3.35. The number of H-pyrrole nitrogens is 1. The number of anilines is 1. The van der Waals surface area contributed by atoms with E-state index in [2.05, 4.69) is 15.3 Å². The number of benzene rings is 2. The number of aromatic nitrogens is 2. The van der Waals surface area contributed by atoms with Gasteiger partial charge in [-0.3, -0.25) is 4.79 Å². The molecule has 10 heteroatoms. The molecule has 2 aromatic carbocycles. The molecule has 0 radical (unpaired) electrons. The van der Waals surface area contributed by atoms with Gasteiger partial charge in [0.1, 0.15) is 11.4 Å². The summed E-state index contributed by atoms with van der Waals surface area (Å²) in [6.07, 6.45) is 4.69. The van der Waals surface area contributed by atoms with Gasteiger partial charge in [0.2, 0.25) is 5.82 Å². The molecular weight excluding hydrogens is 501 g/mol. The smallest absolute Gasteiger partial charge is 0.207 e. The molecule has 0 spiro atoms. The maximum atomic E-state index is 14.5. The number of hydrogen-bond donors (Lipinski definition) is 3. The molecule has 192 valence electrons. The predicted molar refractivity (Wildman–Crippen MR) is 137 cm³/mol. The molecule has 1 aliphatic rings. The number of pyridine rings is 1. The summed E-state index contributed by atoms with van der Waals surface area (Å²) in [5.74, 6) is -0.629. The van der Waals surface area contributed by atoms with Crippen LogP contribution in [0, 0.1) is 5.82 Å². The minimum atomic E-state index is -0.636. The second-order valence-electron chi connectivity index (χ2n) is 8.69. The highest BCUT2D eigenvalue weighted by Crippen LogP contribution is 2.34. The number of methoxy groups -OCH3 is 1. The van der Waals surface area contributed by atoms with Crippen molar-refractivity contribution in [1.29, 1.82) is 0 Å². The van der Waals surface area contributed by atoms with Crippen molar-refractivity contribution >= 4 is 34.1 Å². The molecule has 5 rings (SSSR count). The summed E-state index contributed by atoms with van der Waals surface area (Å²) in [7, 11) is 1.37. The van der Waals surface area contributed by atoms with Gasteiger partial charge in [-0.2, -0.15) is 4.39 Å². The summed E-state index contributed by atoms with van der Waals surface area (Å²) < 4.78 is 30.8. The van der Waals surface area contributed by atoms with Gasteiger partial charge in [0.05, 0.1) is 42.4 Å². The van der Waals surface area contributed by atoms with E-state index in [1.54, 1.807) is 30.6 Å². The highest BCUT2D eigenvalue weighted by Gasteiger charge is 2.24. The topological polar surface area (TPSA) is 106 Å². The molecule has 4 aromatic rings. The number of ether oxygens (including phenoxy) is 3. The van der Waals surface area contributed by atoms with Gasteiger partial charge in [0, 0.05) is 35.8 Å². The van der Waals surface area contributed by atoms with E-state index in [0.717, 1.165) is 18.5 Å². The summed E-state index contributed by atoms with van der Waals surface area (Å²) in [6, 6.07) is 11.0. The fourth-order valence-electron chi connectivity index (χ4n) is 4.38. The third-order valence-electron chi connectivity index (χ3n) is 6.31. The molecule has 0 saturated carbocycles. The van der Waals surface area contributed by atoms with Crippen LogP contribution in [0.15, 0.2) is 54.9 Å². The molecule has 1 saturated heterocycles. The lowest BCUT2D eigenvalue weighted by Crippen LogP contribution is -2.36. The van der Waals surface area contributed by atoms with Crippen LogP contribution in [-0.2, 0) is 4.74 Å². The molecular formula is C27H25ClFN3O5. The van der Waals surface area contributed by atoms with Crippen molar-refractivity contribution in [2.75, 3.05) is 25.6 Å². The number of carbonyl (C=O) groups excluding carboxylic acids is 1. The lowest BCUT2D eigenvalue weighted by Gasteiger charge is -2.29. The van der Waals surface area contributed by atoms with Gasteiger partial charge in [-0.15, -0.1) is 0 Å². The highest BCUT2D eigenvalue weighted by atomic mass is 35.5. The van der Waals surface area contributed by atoms with Gasteiger partial charge in [-0.25, -0.2) is 4.98 Å². The first-order valence-electron chi connectivity index (χ1n) is 11.8. The Kier molecular flexibility index (Phi) is 7.27. The number of ketones is 1. The zero-order valence-electron chi connectivity index (χ0n) is 20.0. The maximum absolute atomic E-state index is 14.5. The molecule has 2 aromatic heterocycles.